The van der Waals surface area contributed by atoms with Crippen LogP contribution in [0.1, 0.15) is 13.8 Å². The monoisotopic (exact) mass is 320 g/mol. The second kappa shape index (κ2) is 6.92. The fourth-order valence-corrected chi connectivity index (χ4v) is 2.81. The maximum atomic E-state index is 12.0. The molecule has 0 spiro atoms. The number of halogens is 1. The van der Waals surface area contributed by atoms with Crippen LogP contribution in [-0.2, 0) is 14.8 Å². The highest BCUT2D eigenvalue weighted by Crippen LogP contribution is 2.27. The molecule has 1 rings (SSSR count). The van der Waals surface area contributed by atoms with Crippen LogP contribution in [0.25, 0.3) is 0 Å². The largest absolute Gasteiger partial charge is 0.482 e. The third kappa shape index (κ3) is 4.99. The summed E-state index contributed by atoms with van der Waals surface area (Å²) in [5.74, 6) is -0.247. The standard InChI is InChI=1S/C12H17ClN2O4S/c1-8(2)6-15-20(17,18)9-3-4-11(10(13)5-9)19-7-12(14)16/h3-5,8,15H,6-7H2,1-2H3,(H2,14,16). The minimum Gasteiger partial charge on any atom is -0.482 e. The van der Waals surface area contributed by atoms with Crippen LogP contribution in [0, 0.1) is 5.92 Å². The van der Waals surface area contributed by atoms with Crippen LogP contribution in [0.15, 0.2) is 23.1 Å². The van der Waals surface area contributed by atoms with E-state index in [-0.39, 0.29) is 28.2 Å². The summed E-state index contributed by atoms with van der Waals surface area (Å²) in [4.78, 5) is 10.6. The minimum absolute atomic E-state index is 0.0366. The van der Waals surface area contributed by atoms with Crippen molar-refractivity contribution >= 4 is 27.5 Å². The number of amides is 1. The van der Waals surface area contributed by atoms with Gasteiger partial charge in [0.2, 0.25) is 10.0 Å². The average Bonchev–Trinajstić information content (AvgIpc) is 2.34. The number of primary amides is 1. The third-order valence-electron chi connectivity index (χ3n) is 2.27. The number of ether oxygens (including phenoxy) is 1. The van der Waals surface area contributed by atoms with Crippen molar-refractivity contribution in [3.05, 3.63) is 23.2 Å². The number of rotatable bonds is 7. The van der Waals surface area contributed by atoms with Crippen LogP contribution in [0.5, 0.6) is 5.75 Å². The predicted molar refractivity (Wildman–Crippen MR) is 76.2 cm³/mol. The second-order valence-corrected chi connectivity index (χ2v) is 6.77. The number of hydrogen-bond donors (Lipinski definition) is 2. The van der Waals surface area contributed by atoms with Gasteiger partial charge in [0.05, 0.1) is 9.92 Å². The molecule has 0 unspecified atom stereocenters. The van der Waals surface area contributed by atoms with Crippen molar-refractivity contribution in [1.29, 1.82) is 0 Å². The zero-order valence-electron chi connectivity index (χ0n) is 11.2. The fourth-order valence-electron chi connectivity index (χ4n) is 1.27. The smallest absolute Gasteiger partial charge is 0.255 e. The predicted octanol–water partition coefficient (Wildman–Crippen LogP) is 1.14. The van der Waals surface area contributed by atoms with Gasteiger partial charge in [-0.15, -0.1) is 0 Å². The van der Waals surface area contributed by atoms with Crippen LogP contribution in [0.2, 0.25) is 5.02 Å². The quantitative estimate of drug-likeness (QED) is 0.787. The van der Waals surface area contributed by atoms with E-state index in [1.807, 2.05) is 13.8 Å². The summed E-state index contributed by atoms with van der Waals surface area (Å²) in [6, 6.07) is 4.00. The number of benzene rings is 1. The summed E-state index contributed by atoms with van der Waals surface area (Å²) in [6.07, 6.45) is 0. The van der Waals surface area contributed by atoms with Gasteiger partial charge in [0.1, 0.15) is 5.75 Å². The Hall–Kier alpha value is -1.31. The lowest BCUT2D eigenvalue weighted by atomic mass is 10.2. The maximum absolute atomic E-state index is 12.0. The molecule has 0 atom stereocenters. The molecule has 1 aromatic rings. The Kier molecular flexibility index (Phi) is 5.79. The molecule has 0 aliphatic heterocycles. The van der Waals surface area contributed by atoms with E-state index >= 15 is 0 Å². The Balaban J connectivity index is 2.88. The highest BCUT2D eigenvalue weighted by atomic mass is 35.5. The normalized spacial score (nSPS) is 11.6. The van der Waals surface area contributed by atoms with E-state index in [1.165, 1.54) is 18.2 Å². The maximum Gasteiger partial charge on any atom is 0.255 e. The molecule has 1 aromatic carbocycles. The molecule has 0 heterocycles. The number of carbonyl (C=O) groups is 1. The first-order chi connectivity index (χ1) is 9.22. The van der Waals surface area contributed by atoms with E-state index in [1.54, 1.807) is 0 Å². The summed E-state index contributed by atoms with van der Waals surface area (Å²) in [5, 5.41) is 0.0960. The van der Waals surface area contributed by atoms with Crippen LogP contribution < -0.4 is 15.2 Å². The fraction of sp³-hybridized carbons (Fsp3) is 0.417. The summed E-state index contributed by atoms with van der Waals surface area (Å²) < 4.78 is 31.5. The lowest BCUT2D eigenvalue weighted by Gasteiger charge is -2.11. The Bertz CT molecular complexity index is 587. The lowest BCUT2D eigenvalue weighted by Crippen LogP contribution is -2.27. The highest BCUT2D eigenvalue weighted by Gasteiger charge is 2.16. The van der Waals surface area contributed by atoms with Gasteiger partial charge in [0, 0.05) is 6.54 Å². The van der Waals surface area contributed by atoms with Crippen molar-refractivity contribution in [1.82, 2.24) is 4.72 Å². The molecule has 0 saturated heterocycles. The summed E-state index contributed by atoms with van der Waals surface area (Å²) in [7, 11) is -3.61. The van der Waals surface area contributed by atoms with Gasteiger partial charge < -0.3 is 10.5 Å². The Morgan fingerprint density at radius 2 is 2.10 bits per heavy atom. The van der Waals surface area contributed by atoms with Crippen molar-refractivity contribution in [2.75, 3.05) is 13.2 Å². The molecule has 20 heavy (non-hydrogen) atoms. The van der Waals surface area contributed by atoms with Gasteiger partial charge in [-0.2, -0.15) is 0 Å². The van der Waals surface area contributed by atoms with Crippen molar-refractivity contribution in [3.63, 3.8) is 0 Å². The molecule has 0 aromatic heterocycles. The van der Waals surface area contributed by atoms with E-state index in [4.69, 9.17) is 22.1 Å². The third-order valence-corrected chi connectivity index (χ3v) is 3.98. The number of sulfonamides is 1. The van der Waals surface area contributed by atoms with Crippen molar-refractivity contribution in [3.8, 4) is 5.75 Å². The molecule has 0 saturated carbocycles. The molecule has 0 bridgehead atoms. The van der Waals surface area contributed by atoms with E-state index < -0.39 is 15.9 Å². The molecule has 3 N–H and O–H groups in total. The highest BCUT2D eigenvalue weighted by molar-refractivity contribution is 7.89. The van der Waals surface area contributed by atoms with Crippen LogP contribution in [-0.4, -0.2) is 27.5 Å². The van der Waals surface area contributed by atoms with Gasteiger partial charge in [-0.1, -0.05) is 25.4 Å². The van der Waals surface area contributed by atoms with E-state index in [0.29, 0.717) is 6.54 Å². The first-order valence-electron chi connectivity index (χ1n) is 5.92. The molecule has 0 aliphatic carbocycles. The Morgan fingerprint density at radius 1 is 1.45 bits per heavy atom. The van der Waals surface area contributed by atoms with Gasteiger partial charge in [0.15, 0.2) is 6.61 Å². The topological polar surface area (TPSA) is 98.5 Å². The number of hydrogen-bond acceptors (Lipinski definition) is 4. The number of nitrogens with two attached hydrogens (primary N) is 1. The van der Waals surface area contributed by atoms with Crippen molar-refractivity contribution in [2.24, 2.45) is 11.7 Å². The lowest BCUT2D eigenvalue weighted by molar-refractivity contribution is -0.119. The zero-order valence-corrected chi connectivity index (χ0v) is 12.8. The van der Waals surface area contributed by atoms with Crippen molar-refractivity contribution < 1.29 is 17.9 Å². The van der Waals surface area contributed by atoms with Gasteiger partial charge >= 0.3 is 0 Å². The average molecular weight is 321 g/mol. The minimum atomic E-state index is -3.61. The van der Waals surface area contributed by atoms with Gasteiger partial charge in [-0.05, 0) is 24.1 Å². The van der Waals surface area contributed by atoms with E-state index in [2.05, 4.69) is 4.72 Å². The Labute approximate surface area is 123 Å². The van der Waals surface area contributed by atoms with E-state index in [0.717, 1.165) is 0 Å². The molecular formula is C12H17ClN2O4S. The molecule has 112 valence electrons. The summed E-state index contributed by atoms with van der Waals surface area (Å²) in [5.41, 5.74) is 4.94. The van der Waals surface area contributed by atoms with Gasteiger partial charge in [0.25, 0.3) is 5.91 Å². The Morgan fingerprint density at radius 3 is 2.60 bits per heavy atom. The van der Waals surface area contributed by atoms with Crippen LogP contribution >= 0.6 is 11.6 Å². The molecule has 1 amide bonds. The van der Waals surface area contributed by atoms with Crippen LogP contribution in [0.4, 0.5) is 0 Å². The summed E-state index contributed by atoms with van der Waals surface area (Å²) >= 11 is 5.91. The van der Waals surface area contributed by atoms with Gasteiger partial charge in [-0.3, -0.25) is 4.79 Å². The number of carbonyl (C=O) groups excluding carboxylic acids is 1. The first kappa shape index (κ1) is 16.7. The zero-order chi connectivity index (χ0) is 15.3. The first-order valence-corrected chi connectivity index (χ1v) is 7.79. The second-order valence-electron chi connectivity index (χ2n) is 4.59. The molecule has 8 heteroatoms. The van der Waals surface area contributed by atoms with Crippen molar-refractivity contribution in [2.45, 2.75) is 18.7 Å². The van der Waals surface area contributed by atoms with Gasteiger partial charge in [-0.25, -0.2) is 13.1 Å². The molecule has 6 nitrogen and oxygen atoms in total. The summed E-state index contributed by atoms with van der Waals surface area (Å²) in [6.45, 7) is 3.81. The van der Waals surface area contributed by atoms with Crippen LogP contribution in [0.3, 0.4) is 0 Å². The molecule has 0 radical (unpaired) electrons. The molecule has 0 fully saturated rings. The SMILES string of the molecule is CC(C)CNS(=O)(=O)c1ccc(OCC(N)=O)c(Cl)c1. The molecule has 0 aliphatic rings. The van der Waals surface area contributed by atoms with E-state index in [9.17, 15) is 13.2 Å². The molecular weight excluding hydrogens is 304 g/mol. The number of nitrogens with one attached hydrogen (secondary N) is 1.